The summed E-state index contributed by atoms with van der Waals surface area (Å²) >= 11 is 5.85. The summed E-state index contributed by atoms with van der Waals surface area (Å²) in [5.74, 6) is 0.361. The van der Waals surface area contributed by atoms with Crippen LogP contribution in [0.3, 0.4) is 0 Å². The van der Waals surface area contributed by atoms with E-state index in [2.05, 4.69) is 0 Å². The summed E-state index contributed by atoms with van der Waals surface area (Å²) in [4.78, 5) is 23.2. The quantitative estimate of drug-likeness (QED) is 0.459. The average molecular weight is 335 g/mol. The van der Waals surface area contributed by atoms with Gasteiger partial charge in [0.2, 0.25) is 0 Å². The molecule has 120 valence electrons. The fraction of sp³-hybridized carbons (Fsp3) is 0.176. The summed E-state index contributed by atoms with van der Waals surface area (Å²) in [6, 6.07) is 11.3. The second-order valence-corrected chi connectivity index (χ2v) is 5.06. The van der Waals surface area contributed by atoms with Gasteiger partial charge in [0.1, 0.15) is 5.75 Å². The minimum absolute atomic E-state index is 0.142. The van der Waals surface area contributed by atoms with Crippen molar-refractivity contribution in [1.29, 1.82) is 0 Å². The number of benzene rings is 2. The van der Waals surface area contributed by atoms with Gasteiger partial charge < -0.3 is 14.2 Å². The van der Waals surface area contributed by atoms with Gasteiger partial charge in [-0.25, -0.2) is 0 Å². The Morgan fingerprint density at radius 1 is 1.09 bits per heavy atom. The molecule has 0 radical (unpaired) electrons. The summed E-state index contributed by atoms with van der Waals surface area (Å²) in [5, 5.41) is 0.530. The van der Waals surface area contributed by atoms with Crippen LogP contribution in [0, 0.1) is 0 Å². The molecule has 6 heteroatoms. The molecule has 2 rings (SSSR count). The topological polar surface area (TPSA) is 61.8 Å². The van der Waals surface area contributed by atoms with Gasteiger partial charge in [0.05, 0.1) is 7.11 Å². The second kappa shape index (κ2) is 7.65. The molecule has 2 aromatic carbocycles. The zero-order valence-corrected chi connectivity index (χ0v) is 13.4. The van der Waals surface area contributed by atoms with Crippen LogP contribution in [0.5, 0.6) is 17.2 Å². The third-order valence-electron chi connectivity index (χ3n) is 2.91. The van der Waals surface area contributed by atoms with Gasteiger partial charge in [-0.1, -0.05) is 17.7 Å². The Hall–Kier alpha value is -2.53. The lowest BCUT2D eigenvalue weighted by molar-refractivity contribution is -0.132. The van der Waals surface area contributed by atoms with Crippen molar-refractivity contribution in [2.24, 2.45) is 0 Å². The first-order valence-electron chi connectivity index (χ1n) is 6.77. The lowest BCUT2D eigenvalue weighted by atomic mass is 10.1. The number of rotatable bonds is 6. The van der Waals surface area contributed by atoms with Crippen LogP contribution in [0.4, 0.5) is 0 Å². The van der Waals surface area contributed by atoms with E-state index in [-0.39, 0.29) is 18.1 Å². The molecule has 0 bridgehead atoms. The molecule has 23 heavy (non-hydrogen) atoms. The normalized spacial score (nSPS) is 10.0. The summed E-state index contributed by atoms with van der Waals surface area (Å²) in [7, 11) is 1.43. The zero-order chi connectivity index (χ0) is 16.8. The van der Waals surface area contributed by atoms with Crippen molar-refractivity contribution in [3.05, 3.63) is 53.1 Å². The van der Waals surface area contributed by atoms with Crippen LogP contribution in [0.25, 0.3) is 0 Å². The van der Waals surface area contributed by atoms with Gasteiger partial charge in [-0.2, -0.15) is 0 Å². The Balaban J connectivity index is 2.08. The van der Waals surface area contributed by atoms with Crippen LogP contribution in [-0.2, 0) is 4.79 Å². The third kappa shape index (κ3) is 4.72. The molecule has 0 N–H and O–H groups in total. The molecule has 2 aromatic rings. The molecule has 0 atom stereocenters. The van der Waals surface area contributed by atoms with Gasteiger partial charge in [0.25, 0.3) is 0 Å². The Kier molecular flexibility index (Phi) is 5.60. The van der Waals surface area contributed by atoms with Gasteiger partial charge in [-0.15, -0.1) is 0 Å². The third-order valence-corrected chi connectivity index (χ3v) is 3.14. The maximum Gasteiger partial charge on any atom is 0.308 e. The summed E-state index contributed by atoms with van der Waals surface area (Å²) in [6.45, 7) is 1.15. The van der Waals surface area contributed by atoms with Crippen LogP contribution in [-0.4, -0.2) is 25.5 Å². The van der Waals surface area contributed by atoms with E-state index in [0.29, 0.717) is 22.1 Å². The van der Waals surface area contributed by atoms with Gasteiger partial charge in [0, 0.05) is 17.5 Å². The van der Waals surface area contributed by atoms with Crippen molar-refractivity contribution in [3.63, 3.8) is 0 Å². The number of ether oxygens (including phenoxy) is 3. The number of halogens is 1. The molecule has 0 aliphatic heterocycles. The van der Waals surface area contributed by atoms with E-state index in [4.69, 9.17) is 25.8 Å². The van der Waals surface area contributed by atoms with Crippen LogP contribution < -0.4 is 14.2 Å². The molecule has 0 aliphatic carbocycles. The molecule has 0 unspecified atom stereocenters. The number of carbonyl (C=O) groups is 2. The van der Waals surface area contributed by atoms with Crippen molar-refractivity contribution in [2.75, 3.05) is 13.7 Å². The van der Waals surface area contributed by atoms with Crippen molar-refractivity contribution in [2.45, 2.75) is 6.92 Å². The number of methoxy groups -OCH3 is 1. The fourth-order valence-electron chi connectivity index (χ4n) is 1.87. The number of esters is 1. The number of Topliss-reactive ketones (excluding diaryl/α,β-unsaturated/α-hetero) is 1. The lowest BCUT2D eigenvalue weighted by Gasteiger charge is -2.10. The van der Waals surface area contributed by atoms with Crippen LogP contribution >= 0.6 is 11.6 Å². The molecular weight excluding hydrogens is 320 g/mol. The maximum absolute atomic E-state index is 12.2. The molecule has 0 spiro atoms. The highest BCUT2D eigenvalue weighted by Crippen LogP contribution is 2.28. The Morgan fingerprint density at radius 3 is 2.52 bits per heavy atom. The van der Waals surface area contributed by atoms with Crippen molar-refractivity contribution >= 4 is 23.4 Å². The van der Waals surface area contributed by atoms with Crippen molar-refractivity contribution < 1.29 is 23.8 Å². The highest BCUT2D eigenvalue weighted by atomic mass is 35.5. The predicted octanol–water partition coefficient (Wildman–Crippen LogP) is 3.54. The number of hydrogen-bond donors (Lipinski definition) is 0. The lowest BCUT2D eigenvalue weighted by Crippen LogP contribution is -2.12. The summed E-state index contributed by atoms with van der Waals surface area (Å²) in [6.07, 6.45) is 0. The van der Waals surface area contributed by atoms with E-state index in [9.17, 15) is 9.59 Å². The van der Waals surface area contributed by atoms with Gasteiger partial charge in [-0.05, 0) is 36.4 Å². The molecule has 0 saturated heterocycles. The van der Waals surface area contributed by atoms with Crippen molar-refractivity contribution in [3.8, 4) is 17.2 Å². The standard InChI is InChI=1S/C17H15ClO5/c1-11(19)23-16-7-6-12(8-17(16)21-2)15(20)10-22-14-5-3-4-13(18)9-14/h3-9H,10H2,1-2H3. The molecule has 0 saturated carbocycles. The first-order valence-corrected chi connectivity index (χ1v) is 7.15. The maximum atomic E-state index is 12.2. The molecule has 0 amide bonds. The van der Waals surface area contributed by atoms with Gasteiger partial charge in [0.15, 0.2) is 23.9 Å². The predicted molar refractivity (Wildman–Crippen MR) is 85.6 cm³/mol. The molecular formula is C17H15ClO5. The Labute approximate surface area is 138 Å². The average Bonchev–Trinajstić information content (AvgIpc) is 2.52. The SMILES string of the molecule is COc1cc(C(=O)COc2cccc(Cl)c2)ccc1OC(C)=O. The molecule has 0 fully saturated rings. The fourth-order valence-corrected chi connectivity index (χ4v) is 2.05. The Bertz CT molecular complexity index is 727. The largest absolute Gasteiger partial charge is 0.493 e. The van der Waals surface area contributed by atoms with E-state index >= 15 is 0 Å². The molecule has 0 aromatic heterocycles. The summed E-state index contributed by atoms with van der Waals surface area (Å²) < 4.78 is 15.5. The highest BCUT2D eigenvalue weighted by Gasteiger charge is 2.13. The van der Waals surface area contributed by atoms with E-state index < -0.39 is 5.97 Å². The molecule has 5 nitrogen and oxygen atoms in total. The van der Waals surface area contributed by atoms with Crippen LogP contribution in [0.15, 0.2) is 42.5 Å². The minimum Gasteiger partial charge on any atom is -0.493 e. The van der Waals surface area contributed by atoms with E-state index in [1.807, 2.05) is 0 Å². The highest BCUT2D eigenvalue weighted by molar-refractivity contribution is 6.30. The van der Waals surface area contributed by atoms with Gasteiger partial charge in [-0.3, -0.25) is 9.59 Å². The van der Waals surface area contributed by atoms with Crippen LogP contribution in [0.1, 0.15) is 17.3 Å². The first-order chi connectivity index (χ1) is 11.0. The number of carbonyl (C=O) groups excluding carboxylic acids is 2. The molecule has 0 heterocycles. The van der Waals surface area contributed by atoms with E-state index in [0.717, 1.165) is 0 Å². The van der Waals surface area contributed by atoms with Crippen LogP contribution in [0.2, 0.25) is 5.02 Å². The van der Waals surface area contributed by atoms with Gasteiger partial charge >= 0.3 is 5.97 Å². The minimum atomic E-state index is -0.466. The van der Waals surface area contributed by atoms with Crippen molar-refractivity contribution in [1.82, 2.24) is 0 Å². The smallest absolute Gasteiger partial charge is 0.308 e. The first kappa shape index (κ1) is 16.8. The Morgan fingerprint density at radius 2 is 1.87 bits per heavy atom. The monoisotopic (exact) mass is 334 g/mol. The van der Waals surface area contributed by atoms with E-state index in [1.54, 1.807) is 30.3 Å². The summed E-state index contributed by atoms with van der Waals surface area (Å²) in [5.41, 5.74) is 0.389. The van der Waals surface area contributed by atoms with E-state index in [1.165, 1.54) is 26.2 Å². The zero-order valence-electron chi connectivity index (χ0n) is 12.7. The number of ketones is 1. The second-order valence-electron chi connectivity index (χ2n) is 4.63. The molecule has 0 aliphatic rings. The number of hydrogen-bond acceptors (Lipinski definition) is 5.